The first-order valence-electron chi connectivity index (χ1n) is 4.57. The van der Waals surface area contributed by atoms with Crippen molar-refractivity contribution in [1.82, 2.24) is 0 Å². The number of hydrogen-bond donors (Lipinski definition) is 3. The van der Waals surface area contributed by atoms with Crippen molar-refractivity contribution in [1.29, 1.82) is 0 Å². The lowest BCUT2D eigenvalue weighted by atomic mass is 10.3. The van der Waals surface area contributed by atoms with Gasteiger partial charge in [-0.25, -0.2) is 4.79 Å². The Hall–Kier alpha value is -1.95. The highest BCUT2D eigenvalue weighted by Crippen LogP contribution is 2.13. The third-order valence-corrected chi connectivity index (χ3v) is 2.13. The first-order valence-corrected chi connectivity index (χ1v) is 5.36. The van der Waals surface area contributed by atoms with Crippen LogP contribution in [0.5, 0.6) is 0 Å². The van der Waals surface area contributed by atoms with E-state index in [2.05, 4.69) is 20.3 Å². The van der Waals surface area contributed by atoms with Crippen LogP contribution in [0.1, 0.15) is 10.6 Å². The number of anilines is 2. The van der Waals surface area contributed by atoms with Gasteiger partial charge in [0.1, 0.15) is 6.26 Å². The second kappa shape index (κ2) is 5.95. The highest BCUT2D eigenvalue weighted by Gasteiger charge is 2.05. The smallest absolute Gasteiger partial charge is 0.371 e. The van der Waals surface area contributed by atoms with E-state index in [1.54, 1.807) is 24.3 Å². The van der Waals surface area contributed by atoms with Gasteiger partial charge in [-0.2, -0.15) is 0 Å². The van der Waals surface area contributed by atoms with Crippen molar-refractivity contribution >= 4 is 33.3 Å². The lowest BCUT2D eigenvalue weighted by molar-refractivity contribution is 0.0662. The number of carbonyl (C=O) groups is 1. The van der Waals surface area contributed by atoms with Gasteiger partial charge in [-0.15, -0.1) is 0 Å². The Morgan fingerprint density at radius 3 is 1.88 bits per heavy atom. The number of furan rings is 1. The summed E-state index contributed by atoms with van der Waals surface area (Å²) in [6, 6.07) is 8.48. The van der Waals surface area contributed by atoms with E-state index in [1.807, 2.05) is 0 Å². The molecule has 0 radical (unpaired) electrons. The zero-order valence-electron chi connectivity index (χ0n) is 8.76. The Morgan fingerprint density at radius 2 is 1.65 bits per heavy atom. The summed E-state index contributed by atoms with van der Waals surface area (Å²) in [6.45, 7) is 0. The van der Waals surface area contributed by atoms with Crippen LogP contribution in [0.2, 0.25) is 0 Å². The van der Waals surface area contributed by atoms with Gasteiger partial charge in [-0.1, -0.05) is 0 Å². The van der Waals surface area contributed by atoms with Crippen LogP contribution in [0.3, 0.4) is 0 Å². The van der Waals surface area contributed by atoms with Crippen LogP contribution in [0.15, 0.2) is 45.5 Å². The molecule has 0 fully saturated rings. The average molecular weight is 299 g/mol. The molecule has 2 rings (SSSR count). The van der Waals surface area contributed by atoms with E-state index < -0.39 is 5.97 Å². The molecule has 0 aliphatic carbocycles. The molecule has 5 N–H and O–H groups in total. The summed E-state index contributed by atoms with van der Waals surface area (Å²) in [5, 5.41) is 8.28. The van der Waals surface area contributed by atoms with Gasteiger partial charge in [0.15, 0.2) is 0 Å². The minimum absolute atomic E-state index is 0.0538. The van der Waals surface area contributed by atoms with Crippen molar-refractivity contribution < 1.29 is 14.3 Å². The van der Waals surface area contributed by atoms with Crippen molar-refractivity contribution in [3.8, 4) is 0 Å². The topological polar surface area (TPSA) is 102 Å². The minimum atomic E-state index is -1.05. The third kappa shape index (κ3) is 4.60. The van der Waals surface area contributed by atoms with Crippen molar-refractivity contribution in [2.45, 2.75) is 0 Å². The second-order valence-electron chi connectivity index (χ2n) is 3.10. The Balaban J connectivity index is 0.000000171. The molecule has 1 heterocycles. The number of carboxylic acids is 1. The summed E-state index contributed by atoms with van der Waals surface area (Å²) in [7, 11) is 0. The Kier molecular flexibility index (Phi) is 4.59. The number of hydrogen-bond acceptors (Lipinski definition) is 4. The lowest BCUT2D eigenvalue weighted by Crippen LogP contribution is -1.91. The van der Waals surface area contributed by atoms with E-state index in [4.69, 9.17) is 16.6 Å². The standard InChI is InChI=1S/C6H8N2.C5H3BrO3/c7-5-1-2-6(8)4-3-5;6-3-1-4(5(7)8)9-2-3/h1-4H,7-8H2;1-2H,(H,7,8). The molecule has 1 aromatic heterocycles. The predicted molar refractivity (Wildman–Crippen MR) is 68.6 cm³/mol. The summed E-state index contributed by atoms with van der Waals surface area (Å²) < 4.78 is 5.22. The number of halogens is 1. The van der Waals surface area contributed by atoms with E-state index in [0.29, 0.717) is 4.47 Å². The molecule has 0 saturated carbocycles. The highest BCUT2D eigenvalue weighted by atomic mass is 79.9. The molecule has 5 nitrogen and oxygen atoms in total. The summed E-state index contributed by atoms with van der Waals surface area (Å²) in [4.78, 5) is 10.1. The van der Waals surface area contributed by atoms with Crippen LogP contribution < -0.4 is 11.5 Å². The number of rotatable bonds is 1. The Labute approximate surface area is 106 Å². The summed E-state index contributed by atoms with van der Waals surface area (Å²) in [6.07, 6.45) is 1.32. The molecule has 2 aromatic rings. The van der Waals surface area contributed by atoms with Crippen molar-refractivity contribution in [3.05, 3.63) is 46.8 Å². The predicted octanol–water partition coefficient (Wildman–Crippen LogP) is 2.59. The fraction of sp³-hybridized carbons (Fsp3) is 0. The molecule has 6 heteroatoms. The zero-order chi connectivity index (χ0) is 12.8. The first kappa shape index (κ1) is 13.1. The molecular formula is C11H11BrN2O3. The van der Waals surface area contributed by atoms with Crippen LogP contribution in [-0.2, 0) is 0 Å². The molecule has 0 aliphatic heterocycles. The molecule has 0 amide bonds. The van der Waals surface area contributed by atoms with Crippen LogP contribution in [-0.4, -0.2) is 11.1 Å². The summed E-state index contributed by atoms with van der Waals surface area (Å²) >= 11 is 3.04. The third-order valence-electron chi connectivity index (χ3n) is 1.71. The fourth-order valence-corrected chi connectivity index (χ4v) is 1.22. The van der Waals surface area contributed by atoms with Crippen molar-refractivity contribution in [3.63, 3.8) is 0 Å². The number of benzene rings is 1. The van der Waals surface area contributed by atoms with Gasteiger partial charge in [-0.3, -0.25) is 0 Å². The van der Waals surface area contributed by atoms with E-state index in [-0.39, 0.29) is 5.76 Å². The van der Waals surface area contributed by atoms with Gasteiger partial charge in [-0.05, 0) is 40.2 Å². The highest BCUT2D eigenvalue weighted by molar-refractivity contribution is 9.10. The fourth-order valence-electron chi connectivity index (χ4n) is 0.921. The maximum Gasteiger partial charge on any atom is 0.371 e. The van der Waals surface area contributed by atoms with Crippen molar-refractivity contribution in [2.24, 2.45) is 0 Å². The van der Waals surface area contributed by atoms with E-state index >= 15 is 0 Å². The van der Waals surface area contributed by atoms with Crippen LogP contribution in [0.25, 0.3) is 0 Å². The van der Waals surface area contributed by atoms with Gasteiger partial charge in [0.2, 0.25) is 5.76 Å². The number of aromatic carboxylic acids is 1. The molecule has 0 atom stereocenters. The number of nitrogen functional groups attached to an aromatic ring is 2. The van der Waals surface area contributed by atoms with Crippen LogP contribution in [0.4, 0.5) is 11.4 Å². The van der Waals surface area contributed by atoms with Gasteiger partial charge in [0, 0.05) is 17.4 Å². The van der Waals surface area contributed by atoms with Gasteiger partial charge in [0.25, 0.3) is 0 Å². The maximum absolute atomic E-state index is 10.1. The molecule has 0 unspecified atom stereocenters. The Bertz CT molecular complexity index is 473. The molecule has 0 spiro atoms. The summed E-state index contributed by atoms with van der Waals surface area (Å²) in [5.41, 5.74) is 12.2. The lowest BCUT2D eigenvalue weighted by Gasteiger charge is -1.90. The molecule has 1 aromatic carbocycles. The van der Waals surface area contributed by atoms with Gasteiger partial charge < -0.3 is 21.0 Å². The molecule has 17 heavy (non-hydrogen) atoms. The number of carboxylic acid groups (broad SMARTS) is 1. The number of nitrogens with two attached hydrogens (primary N) is 2. The van der Waals surface area contributed by atoms with E-state index in [9.17, 15) is 4.79 Å². The van der Waals surface area contributed by atoms with Crippen LogP contribution in [0, 0.1) is 0 Å². The van der Waals surface area contributed by atoms with Crippen LogP contribution >= 0.6 is 15.9 Å². The first-order chi connectivity index (χ1) is 7.99. The van der Waals surface area contributed by atoms with E-state index in [1.165, 1.54) is 12.3 Å². The zero-order valence-corrected chi connectivity index (χ0v) is 10.3. The second-order valence-corrected chi connectivity index (χ2v) is 4.02. The maximum atomic E-state index is 10.1. The SMILES string of the molecule is Nc1ccc(N)cc1.O=C(O)c1cc(Br)co1. The normalized spacial score (nSPS) is 9.24. The minimum Gasteiger partial charge on any atom is -0.475 e. The van der Waals surface area contributed by atoms with E-state index in [0.717, 1.165) is 11.4 Å². The molecule has 0 aliphatic rings. The quantitative estimate of drug-likeness (QED) is 0.702. The largest absolute Gasteiger partial charge is 0.475 e. The monoisotopic (exact) mass is 298 g/mol. The molecule has 90 valence electrons. The van der Waals surface area contributed by atoms with Gasteiger partial charge in [0.05, 0.1) is 4.47 Å². The summed E-state index contributed by atoms with van der Waals surface area (Å²) in [5.74, 6) is -1.11. The van der Waals surface area contributed by atoms with Crippen molar-refractivity contribution in [2.75, 3.05) is 11.5 Å². The molecular weight excluding hydrogens is 288 g/mol. The molecule has 0 saturated heterocycles. The molecule has 0 bridgehead atoms. The average Bonchev–Trinajstić information content (AvgIpc) is 2.70. The Morgan fingerprint density at radius 1 is 1.18 bits per heavy atom. The van der Waals surface area contributed by atoms with Gasteiger partial charge >= 0.3 is 5.97 Å².